The SMILES string of the molecule is NC(CCN1CCOCC1CNS(=O)C1CC1)Cc1ccccc1F. The van der Waals surface area contributed by atoms with Crippen molar-refractivity contribution < 1.29 is 13.3 Å². The number of halogens is 1. The summed E-state index contributed by atoms with van der Waals surface area (Å²) in [6.45, 7) is 3.74. The molecule has 3 unspecified atom stereocenters. The summed E-state index contributed by atoms with van der Waals surface area (Å²) >= 11 is 0. The van der Waals surface area contributed by atoms with E-state index in [2.05, 4.69) is 9.62 Å². The van der Waals surface area contributed by atoms with Gasteiger partial charge in [0.15, 0.2) is 0 Å². The first-order valence-corrected chi connectivity index (χ1v) is 10.3. The lowest BCUT2D eigenvalue weighted by Gasteiger charge is -2.36. The number of hydrogen-bond acceptors (Lipinski definition) is 4. The fourth-order valence-corrected chi connectivity index (χ4v) is 4.29. The molecule has 3 atom stereocenters. The molecule has 0 radical (unpaired) electrons. The smallest absolute Gasteiger partial charge is 0.126 e. The quantitative estimate of drug-likeness (QED) is 0.686. The Morgan fingerprint density at radius 3 is 2.96 bits per heavy atom. The van der Waals surface area contributed by atoms with Crippen molar-refractivity contribution in [1.82, 2.24) is 9.62 Å². The fraction of sp³-hybridized carbons (Fsp3) is 0.667. The molecular formula is C18H28FN3O2S. The van der Waals surface area contributed by atoms with Gasteiger partial charge in [-0.1, -0.05) is 18.2 Å². The van der Waals surface area contributed by atoms with Crippen molar-refractivity contribution in [2.75, 3.05) is 32.8 Å². The van der Waals surface area contributed by atoms with Gasteiger partial charge < -0.3 is 10.5 Å². The van der Waals surface area contributed by atoms with Crippen LogP contribution in [-0.2, 0) is 22.1 Å². The first-order chi connectivity index (χ1) is 12.1. The van der Waals surface area contributed by atoms with Gasteiger partial charge in [0.1, 0.15) is 5.82 Å². The van der Waals surface area contributed by atoms with Gasteiger partial charge in [0, 0.05) is 37.0 Å². The lowest BCUT2D eigenvalue weighted by molar-refractivity contribution is -0.00603. The Morgan fingerprint density at radius 2 is 2.20 bits per heavy atom. The Hall–Kier alpha value is -0.860. The molecule has 0 bridgehead atoms. The number of morpholine rings is 1. The molecule has 7 heteroatoms. The molecular weight excluding hydrogens is 341 g/mol. The van der Waals surface area contributed by atoms with E-state index in [0.717, 1.165) is 32.4 Å². The summed E-state index contributed by atoms with van der Waals surface area (Å²) in [5.41, 5.74) is 6.89. The highest BCUT2D eigenvalue weighted by molar-refractivity contribution is 7.84. The van der Waals surface area contributed by atoms with E-state index in [1.165, 1.54) is 6.07 Å². The predicted molar refractivity (Wildman–Crippen MR) is 98.0 cm³/mol. The van der Waals surface area contributed by atoms with Crippen molar-refractivity contribution in [1.29, 1.82) is 0 Å². The second-order valence-corrected chi connectivity index (χ2v) is 8.50. The second kappa shape index (κ2) is 9.19. The molecule has 2 fully saturated rings. The van der Waals surface area contributed by atoms with Crippen molar-refractivity contribution in [3.8, 4) is 0 Å². The molecule has 1 aliphatic carbocycles. The van der Waals surface area contributed by atoms with Crippen molar-refractivity contribution in [2.45, 2.75) is 43.0 Å². The van der Waals surface area contributed by atoms with E-state index < -0.39 is 11.0 Å². The van der Waals surface area contributed by atoms with Gasteiger partial charge in [-0.25, -0.2) is 13.3 Å². The predicted octanol–water partition coefficient (Wildman–Crippen LogP) is 1.20. The van der Waals surface area contributed by atoms with Crippen LogP contribution in [-0.4, -0.2) is 59.3 Å². The molecule has 0 amide bonds. The number of ether oxygens (including phenoxy) is 1. The lowest BCUT2D eigenvalue weighted by atomic mass is 10.0. The van der Waals surface area contributed by atoms with E-state index in [-0.39, 0.29) is 17.9 Å². The highest BCUT2D eigenvalue weighted by atomic mass is 32.2. The van der Waals surface area contributed by atoms with Gasteiger partial charge in [-0.05, 0) is 37.3 Å². The van der Waals surface area contributed by atoms with E-state index in [9.17, 15) is 8.60 Å². The third kappa shape index (κ3) is 5.82. The van der Waals surface area contributed by atoms with Crippen LogP contribution in [0.2, 0.25) is 0 Å². The molecule has 1 saturated carbocycles. The Balaban J connectivity index is 1.44. The molecule has 1 saturated heterocycles. The highest BCUT2D eigenvalue weighted by Crippen LogP contribution is 2.24. The van der Waals surface area contributed by atoms with Crippen LogP contribution in [0.1, 0.15) is 24.8 Å². The van der Waals surface area contributed by atoms with Crippen LogP contribution in [0.25, 0.3) is 0 Å². The zero-order chi connectivity index (χ0) is 17.6. The molecule has 0 spiro atoms. The maximum atomic E-state index is 13.7. The molecule has 3 N–H and O–H groups in total. The van der Waals surface area contributed by atoms with Gasteiger partial charge in [-0.2, -0.15) is 0 Å². The van der Waals surface area contributed by atoms with Gasteiger partial charge >= 0.3 is 0 Å². The van der Waals surface area contributed by atoms with Crippen LogP contribution in [0.4, 0.5) is 4.39 Å². The molecule has 140 valence electrons. The summed E-state index contributed by atoms with van der Waals surface area (Å²) in [6.07, 6.45) is 3.48. The summed E-state index contributed by atoms with van der Waals surface area (Å²) in [7, 11) is -0.918. The van der Waals surface area contributed by atoms with Crippen LogP contribution in [0, 0.1) is 5.82 Å². The average Bonchev–Trinajstić information content (AvgIpc) is 3.46. The van der Waals surface area contributed by atoms with E-state index in [1.807, 2.05) is 6.07 Å². The number of benzene rings is 1. The van der Waals surface area contributed by atoms with Crippen LogP contribution >= 0.6 is 0 Å². The minimum Gasteiger partial charge on any atom is -0.378 e. The molecule has 3 rings (SSSR count). The van der Waals surface area contributed by atoms with Crippen LogP contribution < -0.4 is 10.5 Å². The monoisotopic (exact) mass is 369 g/mol. The van der Waals surface area contributed by atoms with Crippen molar-refractivity contribution in [2.24, 2.45) is 5.73 Å². The average molecular weight is 370 g/mol. The van der Waals surface area contributed by atoms with Crippen LogP contribution in [0.5, 0.6) is 0 Å². The molecule has 1 aliphatic heterocycles. The van der Waals surface area contributed by atoms with E-state index in [0.29, 0.717) is 37.0 Å². The van der Waals surface area contributed by atoms with Crippen LogP contribution in [0.15, 0.2) is 24.3 Å². The fourth-order valence-electron chi connectivity index (χ4n) is 3.13. The minimum absolute atomic E-state index is 0.0750. The minimum atomic E-state index is -0.918. The summed E-state index contributed by atoms with van der Waals surface area (Å²) in [5.74, 6) is -0.186. The molecule has 1 heterocycles. The largest absolute Gasteiger partial charge is 0.378 e. The number of nitrogens with zero attached hydrogens (tertiary/aromatic N) is 1. The second-order valence-electron chi connectivity index (χ2n) is 6.95. The lowest BCUT2D eigenvalue weighted by Crippen LogP contribution is -2.51. The molecule has 0 aromatic heterocycles. The first kappa shape index (κ1) is 18.9. The maximum Gasteiger partial charge on any atom is 0.126 e. The Labute approximate surface area is 151 Å². The molecule has 25 heavy (non-hydrogen) atoms. The summed E-state index contributed by atoms with van der Waals surface area (Å²) in [5, 5.41) is 0.340. The maximum absolute atomic E-state index is 13.7. The summed E-state index contributed by atoms with van der Waals surface area (Å²) in [6, 6.07) is 6.96. The molecule has 5 nitrogen and oxygen atoms in total. The highest BCUT2D eigenvalue weighted by Gasteiger charge is 2.30. The zero-order valence-corrected chi connectivity index (χ0v) is 15.3. The van der Waals surface area contributed by atoms with Gasteiger partial charge in [-0.3, -0.25) is 4.90 Å². The normalized spacial score (nSPS) is 24.2. The third-order valence-electron chi connectivity index (χ3n) is 4.86. The van der Waals surface area contributed by atoms with Crippen LogP contribution in [0.3, 0.4) is 0 Å². The summed E-state index contributed by atoms with van der Waals surface area (Å²) < 4.78 is 34.4. The molecule has 1 aromatic carbocycles. The number of hydrogen-bond donors (Lipinski definition) is 2. The third-order valence-corrected chi connectivity index (χ3v) is 6.39. The Bertz CT molecular complexity index is 585. The topological polar surface area (TPSA) is 67.6 Å². The molecule has 2 aliphatic rings. The number of nitrogens with one attached hydrogen (secondary N) is 1. The number of nitrogens with two attached hydrogens (primary N) is 1. The van der Waals surface area contributed by atoms with Gasteiger partial charge in [0.2, 0.25) is 0 Å². The Morgan fingerprint density at radius 1 is 1.40 bits per heavy atom. The zero-order valence-electron chi connectivity index (χ0n) is 14.5. The summed E-state index contributed by atoms with van der Waals surface area (Å²) in [4.78, 5) is 2.35. The van der Waals surface area contributed by atoms with Crippen molar-refractivity contribution in [3.63, 3.8) is 0 Å². The van der Waals surface area contributed by atoms with Gasteiger partial charge in [0.25, 0.3) is 0 Å². The van der Waals surface area contributed by atoms with Gasteiger partial charge in [0.05, 0.1) is 24.2 Å². The van der Waals surface area contributed by atoms with Crippen molar-refractivity contribution in [3.05, 3.63) is 35.6 Å². The van der Waals surface area contributed by atoms with E-state index in [1.54, 1.807) is 12.1 Å². The molecule has 1 aromatic rings. The van der Waals surface area contributed by atoms with E-state index >= 15 is 0 Å². The Kier molecular flexibility index (Phi) is 6.95. The van der Waals surface area contributed by atoms with Crippen molar-refractivity contribution >= 4 is 11.0 Å². The van der Waals surface area contributed by atoms with E-state index in [4.69, 9.17) is 10.5 Å². The number of rotatable bonds is 9. The first-order valence-electron chi connectivity index (χ1n) is 9.08. The standard InChI is InChI=1S/C18H28FN3O2S/c19-18-4-2-1-3-14(18)11-15(20)7-8-22-9-10-24-13-16(22)12-21-25(23)17-5-6-17/h1-4,15-17,21H,5-13,20H2. The van der Waals surface area contributed by atoms with Gasteiger partial charge in [-0.15, -0.1) is 0 Å².